The molecule has 0 radical (unpaired) electrons. The van der Waals surface area contributed by atoms with Gasteiger partial charge in [0, 0.05) is 18.3 Å². The van der Waals surface area contributed by atoms with Gasteiger partial charge in [-0.15, -0.1) is 0 Å². The minimum Gasteiger partial charge on any atom is -0.455 e. The van der Waals surface area contributed by atoms with Gasteiger partial charge in [0.25, 0.3) is 0 Å². The van der Waals surface area contributed by atoms with Crippen LogP contribution in [-0.2, 0) is 20.9 Å². The van der Waals surface area contributed by atoms with Crippen LogP contribution in [-0.4, -0.2) is 16.9 Å². The van der Waals surface area contributed by atoms with Crippen molar-refractivity contribution in [3.63, 3.8) is 0 Å². The van der Waals surface area contributed by atoms with Crippen LogP contribution in [0.4, 0.5) is 0 Å². The number of hydrogen-bond acceptors (Lipinski definition) is 4. The lowest BCUT2D eigenvalue weighted by atomic mass is 9.71. The molecule has 0 saturated heterocycles. The Balaban J connectivity index is 1.60. The first kappa shape index (κ1) is 18.8. The summed E-state index contributed by atoms with van der Waals surface area (Å²) in [6.45, 7) is 2.23. The highest BCUT2D eigenvalue weighted by atomic mass is 16.6. The average molecular weight is 378 g/mol. The molecule has 0 spiro atoms. The molecule has 0 bridgehead atoms. The third-order valence-corrected chi connectivity index (χ3v) is 5.81. The lowest BCUT2D eigenvalue weighted by Crippen LogP contribution is -2.48. The second-order valence-corrected chi connectivity index (χ2v) is 7.83. The molecule has 2 aromatic rings. The number of carbonyl (C=O) groups is 1. The number of esters is 1. The minimum absolute atomic E-state index is 0.0605. The molecule has 1 N–H and O–H groups in total. The third-order valence-electron chi connectivity index (χ3n) is 5.81. The lowest BCUT2D eigenvalue weighted by molar-refractivity contribution is -0.243. The van der Waals surface area contributed by atoms with E-state index in [1.54, 1.807) is 0 Å². The predicted molar refractivity (Wildman–Crippen MR) is 106 cm³/mol. The van der Waals surface area contributed by atoms with E-state index in [0.717, 1.165) is 30.4 Å². The Morgan fingerprint density at radius 2 is 1.89 bits per heavy atom. The molecule has 2 aromatic carbocycles. The maximum Gasteiger partial charge on any atom is 0.373 e. The van der Waals surface area contributed by atoms with Gasteiger partial charge in [0.1, 0.15) is 6.61 Å². The van der Waals surface area contributed by atoms with Gasteiger partial charge in [0.15, 0.2) is 0 Å². The van der Waals surface area contributed by atoms with Crippen LogP contribution in [0.15, 0.2) is 66.4 Å². The van der Waals surface area contributed by atoms with Crippen molar-refractivity contribution < 1.29 is 19.4 Å². The van der Waals surface area contributed by atoms with Gasteiger partial charge in [-0.3, -0.25) is 0 Å². The molecule has 3 atom stereocenters. The van der Waals surface area contributed by atoms with Crippen molar-refractivity contribution in [1.82, 2.24) is 0 Å². The maximum absolute atomic E-state index is 12.7. The Bertz CT molecular complexity index is 856. The summed E-state index contributed by atoms with van der Waals surface area (Å²) in [7, 11) is 0. The number of aryl methyl sites for hydroxylation is 1. The molecule has 1 aliphatic heterocycles. The predicted octanol–water partition coefficient (Wildman–Crippen LogP) is 4.61. The molecule has 1 aliphatic carbocycles. The van der Waals surface area contributed by atoms with E-state index in [9.17, 15) is 9.90 Å². The van der Waals surface area contributed by atoms with Gasteiger partial charge in [-0.05, 0) is 37.0 Å². The van der Waals surface area contributed by atoms with Gasteiger partial charge in [-0.1, -0.05) is 66.6 Å². The molecule has 1 heterocycles. The van der Waals surface area contributed by atoms with Crippen LogP contribution in [0.25, 0.3) is 0 Å². The van der Waals surface area contributed by atoms with Gasteiger partial charge in [-0.2, -0.15) is 0 Å². The Labute approximate surface area is 165 Å². The molecule has 2 aliphatic rings. The summed E-state index contributed by atoms with van der Waals surface area (Å²) in [6, 6.07) is 17.8. The summed E-state index contributed by atoms with van der Waals surface area (Å²) in [5, 5.41) is 11.2. The Hall–Kier alpha value is -2.59. The smallest absolute Gasteiger partial charge is 0.373 e. The van der Waals surface area contributed by atoms with Gasteiger partial charge in [0.05, 0.1) is 0 Å². The van der Waals surface area contributed by atoms with E-state index in [1.165, 1.54) is 5.56 Å². The standard InChI is InChI=1S/C24H26O4/c1-17-10-12-19(13-11-17)20-15-22(28-24(26)14-6-5-9-21(20)24)23(25)27-16-18-7-3-2-4-8-18/h2-4,7-8,10-13,15,20-21,26H,5-6,9,14,16H2,1H3/t20-,21-,24+/m0/s1. The largest absolute Gasteiger partial charge is 0.455 e. The molecule has 1 fully saturated rings. The van der Waals surface area contributed by atoms with Gasteiger partial charge in [0.2, 0.25) is 11.5 Å². The number of rotatable bonds is 4. The van der Waals surface area contributed by atoms with Crippen molar-refractivity contribution in [2.75, 3.05) is 0 Å². The highest BCUT2D eigenvalue weighted by Gasteiger charge is 2.49. The second-order valence-electron chi connectivity index (χ2n) is 7.83. The molecule has 4 rings (SSSR count). The van der Waals surface area contributed by atoms with Crippen LogP contribution < -0.4 is 0 Å². The Morgan fingerprint density at radius 3 is 2.64 bits per heavy atom. The van der Waals surface area contributed by atoms with Gasteiger partial charge >= 0.3 is 5.97 Å². The van der Waals surface area contributed by atoms with E-state index in [1.807, 2.05) is 43.3 Å². The van der Waals surface area contributed by atoms with E-state index in [0.29, 0.717) is 6.42 Å². The Morgan fingerprint density at radius 1 is 1.14 bits per heavy atom. The van der Waals surface area contributed by atoms with Crippen LogP contribution in [0.2, 0.25) is 0 Å². The average Bonchev–Trinajstić information content (AvgIpc) is 2.72. The molecule has 0 amide bonds. The first-order valence-electron chi connectivity index (χ1n) is 9.96. The summed E-state index contributed by atoms with van der Waals surface area (Å²) in [5.74, 6) is -1.86. The Kier molecular flexibility index (Phi) is 5.23. The molecular weight excluding hydrogens is 352 g/mol. The normalized spacial score (nSPS) is 26.6. The van der Waals surface area contributed by atoms with Crippen molar-refractivity contribution in [3.8, 4) is 0 Å². The van der Waals surface area contributed by atoms with Crippen LogP contribution in [0.1, 0.15) is 48.3 Å². The molecular formula is C24H26O4. The summed E-state index contributed by atoms with van der Waals surface area (Å²) in [6.07, 6.45) is 5.18. The molecule has 0 aromatic heterocycles. The molecule has 4 heteroatoms. The fraction of sp³-hybridized carbons (Fsp3) is 0.375. The van der Waals surface area contributed by atoms with Gasteiger partial charge < -0.3 is 14.6 Å². The SMILES string of the molecule is Cc1ccc([C@@H]2C=C(C(=O)OCc3ccccc3)O[C@]3(O)CCCC[C@@H]23)cc1. The number of aliphatic hydroxyl groups is 1. The molecule has 146 valence electrons. The third kappa shape index (κ3) is 3.83. The minimum atomic E-state index is -1.32. The summed E-state index contributed by atoms with van der Waals surface area (Å²) >= 11 is 0. The first-order chi connectivity index (χ1) is 13.5. The fourth-order valence-electron chi connectivity index (χ4n) is 4.27. The number of hydrogen-bond donors (Lipinski definition) is 1. The van der Waals surface area contributed by atoms with Crippen molar-refractivity contribution in [2.24, 2.45) is 5.92 Å². The topological polar surface area (TPSA) is 55.8 Å². The van der Waals surface area contributed by atoms with Crippen LogP contribution >= 0.6 is 0 Å². The number of fused-ring (bicyclic) bond motifs is 1. The van der Waals surface area contributed by atoms with E-state index in [4.69, 9.17) is 9.47 Å². The summed E-state index contributed by atoms with van der Waals surface area (Å²) in [4.78, 5) is 12.7. The highest BCUT2D eigenvalue weighted by Crippen LogP contribution is 2.48. The van der Waals surface area contributed by atoms with Crippen LogP contribution in [0.5, 0.6) is 0 Å². The quantitative estimate of drug-likeness (QED) is 0.789. The van der Waals surface area contributed by atoms with Crippen molar-refractivity contribution in [3.05, 3.63) is 83.1 Å². The second kappa shape index (κ2) is 7.80. The zero-order valence-corrected chi connectivity index (χ0v) is 16.1. The van der Waals surface area contributed by atoms with Crippen LogP contribution in [0.3, 0.4) is 0 Å². The van der Waals surface area contributed by atoms with E-state index >= 15 is 0 Å². The molecule has 0 unspecified atom stereocenters. The first-order valence-corrected chi connectivity index (χ1v) is 9.96. The number of ether oxygens (including phenoxy) is 2. The number of benzene rings is 2. The lowest BCUT2D eigenvalue weighted by Gasteiger charge is -2.46. The fourth-order valence-corrected chi connectivity index (χ4v) is 4.27. The summed E-state index contributed by atoms with van der Waals surface area (Å²) < 4.78 is 11.3. The number of allylic oxidation sites excluding steroid dienone is 1. The van der Waals surface area contributed by atoms with Crippen molar-refractivity contribution >= 4 is 5.97 Å². The van der Waals surface area contributed by atoms with E-state index < -0.39 is 11.8 Å². The maximum atomic E-state index is 12.7. The molecule has 4 nitrogen and oxygen atoms in total. The zero-order chi connectivity index (χ0) is 19.6. The molecule has 1 saturated carbocycles. The van der Waals surface area contributed by atoms with E-state index in [-0.39, 0.29) is 24.2 Å². The molecule has 28 heavy (non-hydrogen) atoms. The summed E-state index contributed by atoms with van der Waals surface area (Å²) in [5.41, 5.74) is 3.19. The highest BCUT2D eigenvalue weighted by molar-refractivity contribution is 5.86. The van der Waals surface area contributed by atoms with Crippen molar-refractivity contribution in [2.45, 2.75) is 50.9 Å². The monoisotopic (exact) mass is 378 g/mol. The van der Waals surface area contributed by atoms with Crippen molar-refractivity contribution in [1.29, 1.82) is 0 Å². The zero-order valence-electron chi connectivity index (χ0n) is 16.1. The van der Waals surface area contributed by atoms with E-state index in [2.05, 4.69) is 24.3 Å². The van der Waals surface area contributed by atoms with Gasteiger partial charge in [-0.25, -0.2) is 4.79 Å². The van der Waals surface area contributed by atoms with Crippen LogP contribution in [0, 0.1) is 12.8 Å². The number of carbonyl (C=O) groups excluding carboxylic acids is 1.